The van der Waals surface area contributed by atoms with Crippen LogP contribution < -0.4 is 21.5 Å². The molecule has 0 saturated carbocycles. The molecule has 0 aliphatic heterocycles. The average Bonchev–Trinajstić information content (AvgIpc) is 2.71. The number of nitrogens with one attached hydrogen (secondary N) is 2. The van der Waals surface area contributed by atoms with Crippen LogP contribution in [0.5, 0.6) is 11.6 Å². The maximum atomic E-state index is 12.2. The Labute approximate surface area is 189 Å². The predicted octanol–water partition coefficient (Wildman–Crippen LogP) is 2.40. The second-order valence-corrected chi connectivity index (χ2v) is 7.54. The van der Waals surface area contributed by atoms with Gasteiger partial charge in [-0.05, 0) is 25.0 Å². The molecule has 13 heteroatoms. The Balaban J connectivity index is 2.03. The van der Waals surface area contributed by atoms with Crippen LogP contribution in [0.15, 0.2) is 32.6 Å². The van der Waals surface area contributed by atoms with Crippen molar-refractivity contribution < 1.29 is 14.3 Å². The van der Waals surface area contributed by atoms with E-state index in [2.05, 4.69) is 15.3 Å². The molecule has 0 fully saturated rings. The third-order valence-corrected chi connectivity index (χ3v) is 4.72. The molecule has 0 bridgehead atoms. The van der Waals surface area contributed by atoms with Gasteiger partial charge in [-0.15, -0.1) is 5.10 Å². The highest BCUT2D eigenvalue weighted by atomic mass is 35.5. The van der Waals surface area contributed by atoms with E-state index in [0.29, 0.717) is 5.56 Å². The van der Waals surface area contributed by atoms with Crippen LogP contribution in [0.4, 0.5) is 0 Å². The standard InChI is InChI=1S/C19H17Cl2N5O6/c1-4-31-18(29)14-17(28)22-19(30)26(25-14)9-5-11(20)15(12(21)6-9)32-13-7-10(8(2)3)16(27)24-23-13/h5-8H,4H2,1-3H3,(H,24,27)(H,22,28,30). The zero-order valence-electron chi connectivity index (χ0n) is 17.1. The molecule has 0 atom stereocenters. The molecule has 168 valence electrons. The smallest absolute Gasteiger partial charge is 0.364 e. The lowest BCUT2D eigenvalue weighted by Gasteiger charge is -2.12. The number of nitrogens with zero attached hydrogens (tertiary/aromatic N) is 3. The van der Waals surface area contributed by atoms with Crippen molar-refractivity contribution in [2.45, 2.75) is 26.7 Å². The molecular formula is C19H17Cl2N5O6. The molecule has 2 N–H and O–H groups in total. The van der Waals surface area contributed by atoms with Crippen molar-refractivity contribution in [1.29, 1.82) is 0 Å². The van der Waals surface area contributed by atoms with Crippen molar-refractivity contribution in [1.82, 2.24) is 25.0 Å². The van der Waals surface area contributed by atoms with Crippen molar-refractivity contribution in [3.05, 3.63) is 70.7 Å². The summed E-state index contributed by atoms with van der Waals surface area (Å²) in [6.07, 6.45) is 0. The summed E-state index contributed by atoms with van der Waals surface area (Å²) in [5, 5.41) is 9.88. The third kappa shape index (κ3) is 4.73. The molecule has 32 heavy (non-hydrogen) atoms. The minimum Gasteiger partial charge on any atom is -0.461 e. The van der Waals surface area contributed by atoms with Gasteiger partial charge < -0.3 is 9.47 Å². The van der Waals surface area contributed by atoms with Crippen LogP contribution in [0, 0.1) is 0 Å². The third-order valence-electron chi connectivity index (χ3n) is 4.16. The van der Waals surface area contributed by atoms with E-state index in [1.165, 1.54) is 18.2 Å². The first-order valence-electron chi connectivity index (χ1n) is 9.30. The van der Waals surface area contributed by atoms with Gasteiger partial charge in [0.15, 0.2) is 5.75 Å². The fraction of sp³-hybridized carbons (Fsp3) is 0.263. The van der Waals surface area contributed by atoms with Crippen molar-refractivity contribution in [2.75, 3.05) is 6.61 Å². The summed E-state index contributed by atoms with van der Waals surface area (Å²) in [4.78, 5) is 49.9. The number of ether oxygens (including phenoxy) is 2. The van der Waals surface area contributed by atoms with Crippen molar-refractivity contribution in [3.8, 4) is 17.3 Å². The summed E-state index contributed by atoms with van der Waals surface area (Å²) in [6, 6.07) is 4.04. The lowest BCUT2D eigenvalue weighted by molar-refractivity contribution is 0.0514. The maximum absolute atomic E-state index is 12.2. The molecule has 0 aliphatic rings. The van der Waals surface area contributed by atoms with Gasteiger partial charge in [-0.25, -0.2) is 14.7 Å². The van der Waals surface area contributed by atoms with Gasteiger partial charge in [-0.1, -0.05) is 37.0 Å². The number of aromatic nitrogens is 5. The quantitative estimate of drug-likeness (QED) is 0.509. The van der Waals surface area contributed by atoms with Gasteiger partial charge in [0.1, 0.15) is 0 Å². The molecule has 3 aromatic rings. The number of esters is 1. The number of halogens is 2. The zero-order chi connectivity index (χ0) is 23.6. The molecule has 2 aromatic heterocycles. The predicted molar refractivity (Wildman–Crippen MR) is 115 cm³/mol. The van der Waals surface area contributed by atoms with Gasteiger partial charge in [0.05, 0.1) is 22.3 Å². The Morgan fingerprint density at radius 3 is 2.38 bits per heavy atom. The highest BCUT2D eigenvalue weighted by Crippen LogP contribution is 2.37. The number of rotatable bonds is 6. The van der Waals surface area contributed by atoms with Gasteiger partial charge in [0, 0.05) is 11.6 Å². The number of hydrogen-bond donors (Lipinski definition) is 2. The normalized spacial score (nSPS) is 10.9. The number of H-pyrrole nitrogens is 2. The molecule has 1 aromatic carbocycles. The second kappa shape index (κ2) is 9.37. The monoisotopic (exact) mass is 481 g/mol. The number of carbonyl (C=O) groups excluding carboxylic acids is 1. The first-order valence-corrected chi connectivity index (χ1v) is 10.1. The number of carbonyl (C=O) groups is 1. The van der Waals surface area contributed by atoms with Crippen LogP contribution in [0.25, 0.3) is 5.69 Å². The number of benzene rings is 1. The highest BCUT2D eigenvalue weighted by molar-refractivity contribution is 6.37. The molecule has 0 radical (unpaired) electrons. The van der Waals surface area contributed by atoms with Crippen molar-refractivity contribution in [3.63, 3.8) is 0 Å². The van der Waals surface area contributed by atoms with E-state index in [-0.39, 0.29) is 45.4 Å². The lowest BCUT2D eigenvalue weighted by atomic mass is 10.1. The number of aromatic amines is 2. The topological polar surface area (TPSA) is 149 Å². The Morgan fingerprint density at radius 1 is 1.12 bits per heavy atom. The molecular weight excluding hydrogens is 465 g/mol. The first-order chi connectivity index (χ1) is 15.1. The molecule has 0 aliphatic carbocycles. The fourth-order valence-electron chi connectivity index (χ4n) is 2.66. The molecule has 11 nitrogen and oxygen atoms in total. The van der Waals surface area contributed by atoms with Crippen molar-refractivity contribution in [2.24, 2.45) is 0 Å². The number of hydrogen-bond acceptors (Lipinski definition) is 8. The zero-order valence-corrected chi connectivity index (χ0v) is 18.6. The van der Waals surface area contributed by atoms with Crippen LogP contribution in [0.2, 0.25) is 10.0 Å². The molecule has 0 amide bonds. The Kier molecular flexibility index (Phi) is 6.80. The summed E-state index contributed by atoms with van der Waals surface area (Å²) < 4.78 is 11.1. The maximum Gasteiger partial charge on any atom is 0.364 e. The van der Waals surface area contributed by atoms with E-state index in [0.717, 1.165) is 4.68 Å². The first kappa shape index (κ1) is 23.2. The second-order valence-electron chi connectivity index (χ2n) is 6.73. The summed E-state index contributed by atoms with van der Waals surface area (Å²) in [6.45, 7) is 5.24. The minimum absolute atomic E-state index is 0.00873. The van der Waals surface area contributed by atoms with Gasteiger partial charge in [-0.3, -0.25) is 14.6 Å². The van der Waals surface area contributed by atoms with Gasteiger partial charge in [0.2, 0.25) is 11.6 Å². The average molecular weight is 482 g/mol. The Bertz CT molecular complexity index is 1340. The van der Waals surface area contributed by atoms with Crippen molar-refractivity contribution >= 4 is 29.2 Å². The Hall–Kier alpha value is -3.44. The SMILES string of the molecule is CCOC(=O)c1nn(-c2cc(Cl)c(Oc3cc(C(C)C)c(=O)[nH]n3)c(Cl)c2)c(=O)[nH]c1=O. The minimum atomic E-state index is -0.996. The molecule has 3 rings (SSSR count). The van der Waals surface area contributed by atoms with E-state index >= 15 is 0 Å². The van der Waals surface area contributed by atoms with Crippen LogP contribution in [0.3, 0.4) is 0 Å². The van der Waals surface area contributed by atoms with E-state index in [1.807, 2.05) is 18.8 Å². The van der Waals surface area contributed by atoms with Crippen LogP contribution >= 0.6 is 23.2 Å². The highest BCUT2D eigenvalue weighted by Gasteiger charge is 2.19. The van der Waals surface area contributed by atoms with Crippen LogP contribution in [-0.4, -0.2) is 37.5 Å². The lowest BCUT2D eigenvalue weighted by Crippen LogP contribution is -2.36. The van der Waals surface area contributed by atoms with E-state index < -0.39 is 22.9 Å². The summed E-state index contributed by atoms with van der Waals surface area (Å²) in [5.74, 6) is -1.02. The van der Waals surface area contributed by atoms with Crippen LogP contribution in [-0.2, 0) is 4.74 Å². The van der Waals surface area contributed by atoms with E-state index in [1.54, 1.807) is 6.92 Å². The van der Waals surface area contributed by atoms with Crippen LogP contribution in [0.1, 0.15) is 42.7 Å². The summed E-state index contributed by atoms with van der Waals surface area (Å²) in [5.41, 5.74) is -2.37. The van der Waals surface area contributed by atoms with E-state index in [9.17, 15) is 19.2 Å². The molecule has 0 unspecified atom stereocenters. The fourth-order valence-corrected chi connectivity index (χ4v) is 3.21. The molecule has 2 heterocycles. The Morgan fingerprint density at radius 2 is 1.78 bits per heavy atom. The van der Waals surface area contributed by atoms with Gasteiger partial charge >= 0.3 is 11.7 Å². The molecule has 0 spiro atoms. The van der Waals surface area contributed by atoms with Gasteiger partial charge in [0.25, 0.3) is 11.1 Å². The van der Waals surface area contributed by atoms with Gasteiger partial charge in [-0.2, -0.15) is 9.78 Å². The van der Waals surface area contributed by atoms with E-state index in [4.69, 9.17) is 32.7 Å². The largest absolute Gasteiger partial charge is 0.461 e. The summed E-state index contributed by atoms with van der Waals surface area (Å²) in [7, 11) is 0. The molecule has 0 saturated heterocycles. The summed E-state index contributed by atoms with van der Waals surface area (Å²) >= 11 is 12.6.